The number of hydrogen-bond acceptors (Lipinski definition) is 2. The van der Waals surface area contributed by atoms with E-state index in [9.17, 15) is 4.39 Å². The minimum Gasteiger partial charge on any atom is -0.370 e. The first-order valence-electron chi connectivity index (χ1n) is 5.65. The zero-order valence-corrected chi connectivity index (χ0v) is 10.1. The predicted molar refractivity (Wildman–Crippen MR) is 69.7 cm³/mol. The fraction of sp³-hybridized carbons (Fsp3) is 0.133. The highest BCUT2D eigenvalue weighted by atomic mass is 19.1. The molecule has 0 atom stereocenters. The fourth-order valence-electron chi connectivity index (χ4n) is 1.79. The lowest BCUT2D eigenvalue weighted by Gasteiger charge is -2.19. The van der Waals surface area contributed by atoms with E-state index in [-0.39, 0.29) is 5.82 Å². The normalized spacial score (nSPS) is 9.83. The van der Waals surface area contributed by atoms with Gasteiger partial charge in [0.2, 0.25) is 0 Å². The van der Waals surface area contributed by atoms with E-state index >= 15 is 0 Å². The second-order valence-electron chi connectivity index (χ2n) is 4.14. The molecule has 0 aromatic heterocycles. The van der Waals surface area contributed by atoms with Crippen LogP contribution in [-0.2, 0) is 6.54 Å². The van der Waals surface area contributed by atoms with Crippen molar-refractivity contribution < 1.29 is 4.39 Å². The van der Waals surface area contributed by atoms with Gasteiger partial charge in [0.15, 0.2) is 0 Å². The second kappa shape index (κ2) is 5.33. The lowest BCUT2D eigenvalue weighted by Crippen LogP contribution is -2.16. The summed E-state index contributed by atoms with van der Waals surface area (Å²) in [5.41, 5.74) is 2.55. The van der Waals surface area contributed by atoms with E-state index in [1.165, 1.54) is 12.1 Å². The SMILES string of the molecule is CN(Cc1cccc(F)c1)c1ccc(C#N)cc1. The summed E-state index contributed by atoms with van der Waals surface area (Å²) >= 11 is 0. The van der Waals surface area contributed by atoms with Crippen LogP contribution in [0.1, 0.15) is 11.1 Å². The summed E-state index contributed by atoms with van der Waals surface area (Å²) in [5, 5.41) is 8.73. The smallest absolute Gasteiger partial charge is 0.123 e. The number of nitrogens with zero attached hydrogens (tertiary/aromatic N) is 2. The first-order valence-corrected chi connectivity index (χ1v) is 5.65. The molecule has 0 aliphatic heterocycles. The summed E-state index contributed by atoms with van der Waals surface area (Å²) < 4.78 is 13.1. The van der Waals surface area contributed by atoms with Crippen molar-refractivity contribution >= 4 is 5.69 Å². The van der Waals surface area contributed by atoms with Crippen molar-refractivity contribution in [2.75, 3.05) is 11.9 Å². The van der Waals surface area contributed by atoms with Gasteiger partial charge < -0.3 is 4.90 Å². The summed E-state index contributed by atoms with van der Waals surface area (Å²) in [7, 11) is 1.94. The van der Waals surface area contributed by atoms with Crippen molar-refractivity contribution in [2.24, 2.45) is 0 Å². The van der Waals surface area contributed by atoms with Crippen LogP contribution in [0.15, 0.2) is 48.5 Å². The average molecular weight is 240 g/mol. The number of anilines is 1. The molecule has 18 heavy (non-hydrogen) atoms. The summed E-state index contributed by atoms with van der Waals surface area (Å²) in [6.45, 7) is 0.629. The molecule has 3 heteroatoms. The predicted octanol–water partition coefficient (Wildman–Crippen LogP) is 3.33. The van der Waals surface area contributed by atoms with Crippen LogP contribution in [-0.4, -0.2) is 7.05 Å². The molecule has 0 heterocycles. The molecular formula is C15H13FN2. The van der Waals surface area contributed by atoms with Gasteiger partial charge in [-0.15, -0.1) is 0 Å². The molecule has 0 saturated heterocycles. The molecule has 0 fully saturated rings. The molecule has 0 aliphatic rings. The standard InChI is InChI=1S/C15H13FN2/c1-18(11-13-3-2-4-14(16)9-13)15-7-5-12(10-17)6-8-15/h2-9H,11H2,1H3. The number of halogens is 1. The Morgan fingerprint density at radius 1 is 1.17 bits per heavy atom. The van der Waals surface area contributed by atoms with Crippen LogP contribution in [0.5, 0.6) is 0 Å². The molecule has 0 N–H and O–H groups in total. The summed E-state index contributed by atoms with van der Waals surface area (Å²) in [6, 6.07) is 16.0. The van der Waals surface area contributed by atoms with Gasteiger partial charge in [-0.1, -0.05) is 12.1 Å². The van der Waals surface area contributed by atoms with Crippen molar-refractivity contribution in [3.05, 3.63) is 65.5 Å². The van der Waals surface area contributed by atoms with Crippen molar-refractivity contribution in [2.45, 2.75) is 6.54 Å². The Morgan fingerprint density at radius 3 is 2.50 bits per heavy atom. The summed E-state index contributed by atoms with van der Waals surface area (Å²) in [6.07, 6.45) is 0. The van der Waals surface area contributed by atoms with Crippen LogP contribution in [0.4, 0.5) is 10.1 Å². The molecule has 0 aliphatic carbocycles. The van der Waals surface area contributed by atoms with E-state index in [0.717, 1.165) is 11.3 Å². The Hall–Kier alpha value is -2.34. The minimum absolute atomic E-state index is 0.222. The lowest BCUT2D eigenvalue weighted by atomic mass is 10.2. The van der Waals surface area contributed by atoms with Crippen LogP contribution >= 0.6 is 0 Å². The maximum absolute atomic E-state index is 13.1. The Bertz CT molecular complexity index is 570. The molecule has 2 nitrogen and oxygen atoms in total. The molecule has 2 aromatic rings. The topological polar surface area (TPSA) is 27.0 Å². The minimum atomic E-state index is -0.222. The molecule has 0 saturated carbocycles. The molecule has 0 spiro atoms. The van der Waals surface area contributed by atoms with E-state index < -0.39 is 0 Å². The third-order valence-corrected chi connectivity index (χ3v) is 2.75. The van der Waals surface area contributed by atoms with Crippen molar-refractivity contribution in [3.63, 3.8) is 0 Å². The molecule has 0 bridgehead atoms. The molecule has 0 unspecified atom stereocenters. The quantitative estimate of drug-likeness (QED) is 0.822. The Morgan fingerprint density at radius 2 is 1.89 bits per heavy atom. The molecule has 2 aromatic carbocycles. The lowest BCUT2D eigenvalue weighted by molar-refractivity contribution is 0.625. The highest BCUT2D eigenvalue weighted by molar-refractivity contribution is 5.49. The third kappa shape index (κ3) is 2.86. The highest BCUT2D eigenvalue weighted by Gasteiger charge is 2.03. The fourth-order valence-corrected chi connectivity index (χ4v) is 1.79. The number of rotatable bonds is 3. The van der Waals surface area contributed by atoms with Gasteiger partial charge in [0.25, 0.3) is 0 Å². The van der Waals surface area contributed by atoms with E-state index in [4.69, 9.17) is 5.26 Å². The summed E-state index contributed by atoms with van der Waals surface area (Å²) in [4.78, 5) is 2.01. The van der Waals surface area contributed by atoms with Gasteiger partial charge in [0.1, 0.15) is 5.82 Å². The van der Waals surface area contributed by atoms with E-state index in [1.54, 1.807) is 18.2 Å². The Balaban J connectivity index is 2.12. The Kier molecular flexibility index (Phi) is 3.59. The van der Waals surface area contributed by atoms with Crippen LogP contribution in [0, 0.1) is 17.1 Å². The van der Waals surface area contributed by atoms with E-state index in [1.807, 2.05) is 30.1 Å². The average Bonchev–Trinajstić information content (AvgIpc) is 2.39. The number of hydrogen-bond donors (Lipinski definition) is 0. The largest absolute Gasteiger partial charge is 0.370 e. The van der Waals surface area contributed by atoms with Crippen LogP contribution in [0.3, 0.4) is 0 Å². The first-order chi connectivity index (χ1) is 8.69. The van der Waals surface area contributed by atoms with E-state index in [0.29, 0.717) is 12.1 Å². The monoisotopic (exact) mass is 240 g/mol. The molecule has 0 amide bonds. The zero-order chi connectivity index (χ0) is 13.0. The molecule has 90 valence electrons. The second-order valence-corrected chi connectivity index (χ2v) is 4.14. The van der Waals surface area contributed by atoms with Crippen molar-refractivity contribution in [1.29, 1.82) is 5.26 Å². The molecule has 2 rings (SSSR count). The summed E-state index contributed by atoms with van der Waals surface area (Å²) in [5.74, 6) is -0.222. The zero-order valence-electron chi connectivity index (χ0n) is 10.1. The maximum atomic E-state index is 13.1. The van der Waals surface area contributed by atoms with Gasteiger partial charge in [-0.05, 0) is 42.0 Å². The van der Waals surface area contributed by atoms with Gasteiger partial charge in [0.05, 0.1) is 11.6 Å². The third-order valence-electron chi connectivity index (χ3n) is 2.75. The van der Waals surface area contributed by atoms with Crippen LogP contribution in [0.2, 0.25) is 0 Å². The van der Waals surface area contributed by atoms with Crippen LogP contribution in [0.25, 0.3) is 0 Å². The number of nitriles is 1. The van der Waals surface area contributed by atoms with Crippen LogP contribution < -0.4 is 4.90 Å². The highest BCUT2D eigenvalue weighted by Crippen LogP contribution is 2.16. The van der Waals surface area contributed by atoms with Gasteiger partial charge >= 0.3 is 0 Å². The number of benzene rings is 2. The van der Waals surface area contributed by atoms with Crippen molar-refractivity contribution in [1.82, 2.24) is 0 Å². The van der Waals surface area contributed by atoms with Gasteiger partial charge in [0, 0.05) is 19.3 Å². The Labute approximate surface area is 106 Å². The molecular weight excluding hydrogens is 227 g/mol. The van der Waals surface area contributed by atoms with Crippen molar-refractivity contribution in [3.8, 4) is 6.07 Å². The van der Waals surface area contributed by atoms with Gasteiger partial charge in [-0.2, -0.15) is 5.26 Å². The van der Waals surface area contributed by atoms with Gasteiger partial charge in [-0.25, -0.2) is 4.39 Å². The van der Waals surface area contributed by atoms with E-state index in [2.05, 4.69) is 6.07 Å². The van der Waals surface area contributed by atoms with Gasteiger partial charge in [-0.3, -0.25) is 0 Å². The maximum Gasteiger partial charge on any atom is 0.123 e. The molecule has 0 radical (unpaired) electrons. The first kappa shape index (κ1) is 12.1.